The zero-order chi connectivity index (χ0) is 18.8. The summed E-state index contributed by atoms with van der Waals surface area (Å²) in [7, 11) is 0. The lowest BCUT2D eigenvalue weighted by atomic mass is 10.0. The number of nitrogens with one attached hydrogen (secondary N) is 1. The maximum absolute atomic E-state index is 13.6. The van der Waals surface area contributed by atoms with Crippen LogP contribution in [0.3, 0.4) is 0 Å². The molecule has 5 nitrogen and oxygen atoms in total. The van der Waals surface area contributed by atoms with Crippen molar-refractivity contribution >= 4 is 5.91 Å². The predicted octanol–water partition coefficient (Wildman–Crippen LogP) is 3.25. The first-order valence-corrected chi connectivity index (χ1v) is 8.90. The van der Waals surface area contributed by atoms with Crippen molar-refractivity contribution in [2.45, 2.75) is 26.5 Å². The number of aromatic nitrogens is 2. The molecule has 0 atom stereocenters. The number of benzene rings is 2. The van der Waals surface area contributed by atoms with Gasteiger partial charge in [0, 0.05) is 17.7 Å². The van der Waals surface area contributed by atoms with Crippen LogP contribution < -0.4 is 10.1 Å². The molecule has 0 fully saturated rings. The fourth-order valence-corrected chi connectivity index (χ4v) is 3.30. The van der Waals surface area contributed by atoms with Crippen LogP contribution in [-0.2, 0) is 24.4 Å². The Hall–Kier alpha value is -3.15. The first-order chi connectivity index (χ1) is 13.1. The van der Waals surface area contributed by atoms with Crippen molar-refractivity contribution in [3.63, 3.8) is 0 Å². The van der Waals surface area contributed by atoms with Crippen molar-refractivity contribution in [1.82, 2.24) is 15.1 Å². The molecule has 3 aromatic rings. The van der Waals surface area contributed by atoms with Gasteiger partial charge in [-0.1, -0.05) is 29.8 Å². The molecule has 2 aromatic carbocycles. The summed E-state index contributed by atoms with van der Waals surface area (Å²) in [6, 6.07) is 12.6. The van der Waals surface area contributed by atoms with Gasteiger partial charge in [0.1, 0.15) is 24.7 Å². The standard InChI is InChI=1S/C21H20FN3O2/c1-14-6-7-19-17(10-14)21-16(13-27-19)11-24-25(21)12-20(26)23-9-8-15-4-2-3-5-18(15)22/h2-7,10-11H,8-9,12-13H2,1H3,(H,23,26). The fourth-order valence-electron chi connectivity index (χ4n) is 3.30. The number of ether oxygens (including phenoxy) is 1. The van der Waals surface area contributed by atoms with E-state index in [1.165, 1.54) is 6.07 Å². The number of aryl methyl sites for hydroxylation is 1. The zero-order valence-electron chi connectivity index (χ0n) is 15.0. The van der Waals surface area contributed by atoms with E-state index >= 15 is 0 Å². The Labute approximate surface area is 156 Å². The summed E-state index contributed by atoms with van der Waals surface area (Å²) in [6.07, 6.45) is 2.19. The van der Waals surface area contributed by atoms with Crippen LogP contribution in [0.25, 0.3) is 11.3 Å². The first kappa shape index (κ1) is 17.3. The van der Waals surface area contributed by atoms with Gasteiger partial charge in [0.15, 0.2) is 0 Å². The molecular formula is C21H20FN3O2. The second-order valence-electron chi connectivity index (χ2n) is 6.66. The largest absolute Gasteiger partial charge is 0.488 e. The lowest BCUT2D eigenvalue weighted by molar-refractivity contribution is -0.121. The van der Waals surface area contributed by atoms with Gasteiger partial charge in [-0.3, -0.25) is 9.48 Å². The molecule has 0 saturated heterocycles. The van der Waals surface area contributed by atoms with Crippen LogP contribution in [-0.4, -0.2) is 22.2 Å². The summed E-state index contributed by atoms with van der Waals surface area (Å²) in [6.45, 7) is 2.95. The van der Waals surface area contributed by atoms with Crippen LogP contribution in [0.5, 0.6) is 5.75 Å². The van der Waals surface area contributed by atoms with Crippen LogP contribution in [0.15, 0.2) is 48.7 Å². The third-order valence-electron chi connectivity index (χ3n) is 4.66. The minimum absolute atomic E-state index is 0.111. The summed E-state index contributed by atoms with van der Waals surface area (Å²) in [5.74, 6) is 0.396. The van der Waals surface area contributed by atoms with Crippen LogP contribution in [0.4, 0.5) is 4.39 Å². The van der Waals surface area contributed by atoms with Crippen molar-refractivity contribution in [2.75, 3.05) is 6.54 Å². The van der Waals surface area contributed by atoms with Crippen molar-refractivity contribution in [2.24, 2.45) is 0 Å². The van der Waals surface area contributed by atoms with E-state index < -0.39 is 0 Å². The Kier molecular flexibility index (Phi) is 4.62. The Morgan fingerprint density at radius 2 is 2.15 bits per heavy atom. The maximum atomic E-state index is 13.6. The molecule has 1 aromatic heterocycles. The van der Waals surface area contributed by atoms with Gasteiger partial charge >= 0.3 is 0 Å². The number of fused-ring (bicyclic) bond motifs is 3. The van der Waals surface area contributed by atoms with E-state index in [-0.39, 0.29) is 18.3 Å². The number of amides is 1. The van der Waals surface area contributed by atoms with E-state index in [4.69, 9.17) is 4.74 Å². The van der Waals surface area contributed by atoms with Gasteiger partial charge in [0.2, 0.25) is 5.91 Å². The van der Waals surface area contributed by atoms with Crippen LogP contribution in [0.1, 0.15) is 16.7 Å². The molecule has 6 heteroatoms. The highest BCUT2D eigenvalue weighted by molar-refractivity contribution is 5.78. The van der Waals surface area contributed by atoms with E-state index in [1.54, 1.807) is 29.1 Å². The Morgan fingerprint density at radius 1 is 1.30 bits per heavy atom. The van der Waals surface area contributed by atoms with Crippen LogP contribution >= 0.6 is 0 Å². The number of carbonyl (C=O) groups excluding carboxylic acids is 1. The summed E-state index contributed by atoms with van der Waals surface area (Å²) >= 11 is 0. The minimum Gasteiger partial charge on any atom is -0.488 e. The van der Waals surface area contributed by atoms with Crippen molar-refractivity contribution in [3.05, 3.63) is 71.2 Å². The van der Waals surface area contributed by atoms with E-state index in [9.17, 15) is 9.18 Å². The molecule has 1 aliphatic rings. The number of hydrogen-bond acceptors (Lipinski definition) is 3. The van der Waals surface area contributed by atoms with Gasteiger partial charge in [0.05, 0.1) is 11.9 Å². The average molecular weight is 365 g/mol. The van der Waals surface area contributed by atoms with Gasteiger partial charge in [-0.2, -0.15) is 5.10 Å². The van der Waals surface area contributed by atoms with Crippen molar-refractivity contribution in [1.29, 1.82) is 0 Å². The van der Waals surface area contributed by atoms with E-state index in [1.807, 2.05) is 25.1 Å². The average Bonchev–Trinajstić information content (AvgIpc) is 3.06. The van der Waals surface area contributed by atoms with Crippen LogP contribution in [0.2, 0.25) is 0 Å². The topological polar surface area (TPSA) is 56.2 Å². The normalized spacial score (nSPS) is 12.1. The summed E-state index contributed by atoms with van der Waals surface area (Å²) in [5, 5.41) is 7.20. The molecule has 0 bridgehead atoms. The Morgan fingerprint density at radius 3 is 3.00 bits per heavy atom. The number of carbonyl (C=O) groups is 1. The molecule has 0 unspecified atom stereocenters. The Bertz CT molecular complexity index is 997. The number of nitrogens with zero attached hydrogens (tertiary/aromatic N) is 2. The molecule has 0 radical (unpaired) electrons. The molecule has 1 N–H and O–H groups in total. The summed E-state index contributed by atoms with van der Waals surface area (Å²) in [5.41, 5.74) is 4.55. The summed E-state index contributed by atoms with van der Waals surface area (Å²) in [4.78, 5) is 12.4. The number of hydrogen-bond donors (Lipinski definition) is 1. The van der Waals surface area contributed by atoms with E-state index in [2.05, 4.69) is 10.4 Å². The highest BCUT2D eigenvalue weighted by Crippen LogP contribution is 2.37. The minimum atomic E-state index is -0.250. The molecule has 0 spiro atoms. The molecule has 1 amide bonds. The van der Waals surface area contributed by atoms with Crippen molar-refractivity contribution in [3.8, 4) is 17.0 Å². The zero-order valence-corrected chi connectivity index (χ0v) is 15.0. The van der Waals surface area contributed by atoms with Crippen molar-refractivity contribution < 1.29 is 13.9 Å². The lowest BCUT2D eigenvalue weighted by Gasteiger charge is -2.19. The molecule has 2 heterocycles. The molecule has 27 heavy (non-hydrogen) atoms. The SMILES string of the molecule is Cc1ccc2c(c1)-c1c(cnn1CC(=O)NCCc1ccccc1F)CO2. The van der Waals surface area contributed by atoms with Gasteiger partial charge in [-0.15, -0.1) is 0 Å². The second-order valence-corrected chi connectivity index (χ2v) is 6.66. The third kappa shape index (κ3) is 3.56. The quantitative estimate of drug-likeness (QED) is 0.755. The number of rotatable bonds is 5. The van der Waals surface area contributed by atoms with Gasteiger partial charge in [0.25, 0.3) is 0 Å². The molecule has 0 saturated carbocycles. The molecule has 0 aliphatic carbocycles. The van der Waals surface area contributed by atoms with Gasteiger partial charge < -0.3 is 10.1 Å². The molecule has 4 rings (SSSR count). The van der Waals surface area contributed by atoms with Gasteiger partial charge in [-0.05, 0) is 37.1 Å². The third-order valence-corrected chi connectivity index (χ3v) is 4.66. The maximum Gasteiger partial charge on any atom is 0.241 e. The van der Waals surface area contributed by atoms with Crippen LogP contribution in [0, 0.1) is 12.7 Å². The second kappa shape index (κ2) is 7.23. The summed E-state index contributed by atoms with van der Waals surface area (Å²) < 4.78 is 21.1. The molecule has 138 valence electrons. The first-order valence-electron chi connectivity index (χ1n) is 8.90. The van der Waals surface area contributed by atoms with E-state index in [0.717, 1.165) is 28.1 Å². The highest BCUT2D eigenvalue weighted by atomic mass is 19.1. The smallest absolute Gasteiger partial charge is 0.241 e. The predicted molar refractivity (Wildman–Crippen MR) is 99.8 cm³/mol. The number of halogens is 1. The molecule has 1 aliphatic heterocycles. The Balaban J connectivity index is 1.44. The van der Waals surface area contributed by atoms with E-state index in [0.29, 0.717) is 25.1 Å². The molecular weight excluding hydrogens is 345 g/mol. The van der Waals surface area contributed by atoms with Gasteiger partial charge in [-0.25, -0.2) is 4.39 Å². The monoisotopic (exact) mass is 365 g/mol. The highest BCUT2D eigenvalue weighted by Gasteiger charge is 2.23. The fraction of sp³-hybridized carbons (Fsp3) is 0.238. The lowest BCUT2D eigenvalue weighted by Crippen LogP contribution is -2.30.